The van der Waals surface area contributed by atoms with E-state index < -0.39 is 0 Å². The van der Waals surface area contributed by atoms with Gasteiger partial charge in [-0.25, -0.2) is 0 Å². The quantitative estimate of drug-likeness (QED) is 0.580. The summed E-state index contributed by atoms with van der Waals surface area (Å²) >= 11 is 2.56. The van der Waals surface area contributed by atoms with Gasteiger partial charge in [-0.1, -0.05) is 49.1 Å². The van der Waals surface area contributed by atoms with Crippen molar-refractivity contribution in [2.24, 2.45) is 5.92 Å². The number of nitrogens with one attached hydrogen (secondary N) is 2. The second-order valence-corrected chi connectivity index (χ2v) is 7.93. The number of thioether (sulfide) groups is 1. The largest absolute Gasteiger partial charge is 0.325 e. The molecule has 2 rings (SSSR count). The number of rotatable bonds is 7. The Morgan fingerprint density at radius 1 is 1.21 bits per heavy atom. The summed E-state index contributed by atoms with van der Waals surface area (Å²) < 4.78 is 0.647. The lowest BCUT2D eigenvalue weighted by molar-refractivity contribution is -0.117. The van der Waals surface area contributed by atoms with Crippen LogP contribution in [-0.4, -0.2) is 27.8 Å². The SMILES string of the molecule is Cc1cccc(NC(=O)CSc2nnc(NC(=O)CC(C)C)s2)c1. The molecule has 1 aromatic heterocycles. The lowest BCUT2D eigenvalue weighted by atomic mass is 10.1. The molecule has 0 aliphatic carbocycles. The first kappa shape index (κ1) is 18.4. The van der Waals surface area contributed by atoms with Crippen molar-refractivity contribution < 1.29 is 9.59 Å². The number of aromatic nitrogens is 2. The molecule has 0 spiro atoms. The highest BCUT2D eigenvalue weighted by molar-refractivity contribution is 8.01. The van der Waals surface area contributed by atoms with Gasteiger partial charge in [-0.05, 0) is 30.5 Å². The summed E-state index contributed by atoms with van der Waals surface area (Å²) in [6.45, 7) is 5.93. The van der Waals surface area contributed by atoms with Crippen LogP contribution in [0.1, 0.15) is 25.8 Å². The van der Waals surface area contributed by atoms with Crippen LogP contribution < -0.4 is 10.6 Å². The molecule has 2 N–H and O–H groups in total. The Morgan fingerprint density at radius 2 is 2.00 bits per heavy atom. The van der Waals surface area contributed by atoms with Gasteiger partial charge in [0.05, 0.1) is 5.75 Å². The van der Waals surface area contributed by atoms with Crippen LogP contribution in [0.15, 0.2) is 28.6 Å². The van der Waals surface area contributed by atoms with Crippen molar-refractivity contribution in [3.8, 4) is 0 Å². The summed E-state index contributed by atoms with van der Waals surface area (Å²) in [6, 6.07) is 7.63. The molecule has 0 saturated heterocycles. The van der Waals surface area contributed by atoms with E-state index in [4.69, 9.17) is 0 Å². The molecule has 1 aromatic carbocycles. The molecular formula is C16H20N4O2S2. The lowest BCUT2D eigenvalue weighted by Crippen LogP contribution is -2.13. The van der Waals surface area contributed by atoms with Gasteiger partial charge in [0.25, 0.3) is 0 Å². The van der Waals surface area contributed by atoms with Crippen molar-refractivity contribution in [3.63, 3.8) is 0 Å². The molecule has 1 heterocycles. The van der Waals surface area contributed by atoms with E-state index in [1.54, 1.807) is 0 Å². The van der Waals surface area contributed by atoms with Gasteiger partial charge < -0.3 is 10.6 Å². The van der Waals surface area contributed by atoms with E-state index >= 15 is 0 Å². The van der Waals surface area contributed by atoms with Crippen LogP contribution in [0.4, 0.5) is 10.8 Å². The van der Waals surface area contributed by atoms with Gasteiger partial charge in [0.2, 0.25) is 16.9 Å². The van der Waals surface area contributed by atoms with Crippen LogP contribution >= 0.6 is 23.1 Å². The van der Waals surface area contributed by atoms with E-state index in [9.17, 15) is 9.59 Å². The number of carbonyl (C=O) groups is 2. The molecule has 0 saturated carbocycles. The summed E-state index contributed by atoms with van der Waals surface area (Å²) in [5.74, 6) is 0.348. The zero-order valence-corrected chi connectivity index (χ0v) is 15.5. The van der Waals surface area contributed by atoms with E-state index in [1.165, 1.54) is 23.1 Å². The molecule has 0 atom stereocenters. The van der Waals surface area contributed by atoms with Gasteiger partial charge in [-0.2, -0.15) is 0 Å². The Bertz CT molecular complexity index is 716. The third-order valence-electron chi connectivity index (χ3n) is 2.88. The number of hydrogen-bond acceptors (Lipinski definition) is 6. The summed E-state index contributed by atoms with van der Waals surface area (Å²) in [5.41, 5.74) is 1.87. The number of benzene rings is 1. The van der Waals surface area contributed by atoms with Gasteiger partial charge >= 0.3 is 0 Å². The molecule has 2 aromatic rings. The first-order chi connectivity index (χ1) is 11.4. The van der Waals surface area contributed by atoms with Crippen LogP contribution in [0, 0.1) is 12.8 Å². The third-order valence-corrected chi connectivity index (χ3v) is 4.85. The third kappa shape index (κ3) is 6.29. The Kier molecular flexibility index (Phi) is 6.74. The molecular weight excluding hydrogens is 344 g/mol. The van der Waals surface area contributed by atoms with Crippen LogP contribution in [0.2, 0.25) is 0 Å². The predicted octanol–water partition coefficient (Wildman–Crippen LogP) is 3.56. The number of nitrogens with zero attached hydrogens (tertiary/aromatic N) is 2. The van der Waals surface area contributed by atoms with Crippen molar-refractivity contribution >= 4 is 45.7 Å². The monoisotopic (exact) mass is 364 g/mol. The Hall–Kier alpha value is -1.93. The van der Waals surface area contributed by atoms with Gasteiger partial charge in [0.1, 0.15) is 0 Å². The minimum absolute atomic E-state index is 0.0742. The standard InChI is InChI=1S/C16H20N4O2S2/c1-10(2)7-13(21)18-15-19-20-16(24-15)23-9-14(22)17-12-6-4-5-11(3)8-12/h4-6,8,10H,7,9H2,1-3H3,(H,17,22)(H,18,19,21). The molecule has 24 heavy (non-hydrogen) atoms. The highest BCUT2D eigenvalue weighted by Gasteiger charge is 2.11. The van der Waals surface area contributed by atoms with E-state index in [0.717, 1.165) is 11.3 Å². The second kappa shape index (κ2) is 8.79. The van der Waals surface area contributed by atoms with E-state index in [1.807, 2.05) is 45.0 Å². The van der Waals surface area contributed by atoms with Crippen LogP contribution in [0.5, 0.6) is 0 Å². The molecule has 0 bridgehead atoms. The lowest BCUT2D eigenvalue weighted by Gasteiger charge is -2.04. The first-order valence-electron chi connectivity index (χ1n) is 7.55. The average Bonchev–Trinajstić information content (AvgIpc) is 2.91. The maximum atomic E-state index is 12.0. The van der Waals surface area contributed by atoms with Gasteiger partial charge in [-0.15, -0.1) is 10.2 Å². The van der Waals surface area contributed by atoms with Crippen molar-refractivity contribution in [3.05, 3.63) is 29.8 Å². The van der Waals surface area contributed by atoms with E-state index in [2.05, 4.69) is 20.8 Å². The molecule has 2 amide bonds. The Morgan fingerprint density at radius 3 is 2.71 bits per heavy atom. The number of amides is 2. The Labute approximate surface area is 149 Å². The highest BCUT2D eigenvalue weighted by atomic mass is 32.2. The second-order valence-electron chi connectivity index (χ2n) is 5.73. The fourth-order valence-corrected chi connectivity index (χ4v) is 3.48. The number of anilines is 2. The highest BCUT2D eigenvalue weighted by Crippen LogP contribution is 2.25. The molecule has 0 radical (unpaired) electrons. The maximum Gasteiger partial charge on any atom is 0.234 e. The first-order valence-corrected chi connectivity index (χ1v) is 9.35. The minimum atomic E-state index is -0.105. The van der Waals surface area contributed by atoms with Crippen molar-refractivity contribution in [2.75, 3.05) is 16.4 Å². The molecule has 0 fully saturated rings. The van der Waals surface area contributed by atoms with Crippen LogP contribution in [0.25, 0.3) is 0 Å². The summed E-state index contributed by atoms with van der Waals surface area (Å²) in [5, 5.41) is 13.9. The van der Waals surface area contributed by atoms with Gasteiger partial charge in [0.15, 0.2) is 4.34 Å². The van der Waals surface area contributed by atoms with Crippen LogP contribution in [-0.2, 0) is 9.59 Å². The maximum absolute atomic E-state index is 12.0. The van der Waals surface area contributed by atoms with Crippen molar-refractivity contribution in [2.45, 2.75) is 31.5 Å². The zero-order chi connectivity index (χ0) is 17.5. The van der Waals surface area contributed by atoms with E-state index in [0.29, 0.717) is 15.9 Å². The molecule has 0 aliphatic heterocycles. The minimum Gasteiger partial charge on any atom is -0.325 e. The van der Waals surface area contributed by atoms with Gasteiger partial charge in [0, 0.05) is 12.1 Å². The Balaban J connectivity index is 1.80. The molecule has 128 valence electrons. The number of carbonyl (C=O) groups excluding carboxylic acids is 2. The molecule has 6 nitrogen and oxygen atoms in total. The zero-order valence-electron chi connectivity index (χ0n) is 13.8. The summed E-state index contributed by atoms with van der Waals surface area (Å²) in [7, 11) is 0. The summed E-state index contributed by atoms with van der Waals surface area (Å²) in [4.78, 5) is 23.6. The summed E-state index contributed by atoms with van der Waals surface area (Å²) in [6.07, 6.45) is 0.445. The molecule has 8 heteroatoms. The normalized spacial score (nSPS) is 10.7. The topological polar surface area (TPSA) is 84.0 Å². The van der Waals surface area contributed by atoms with Crippen LogP contribution in [0.3, 0.4) is 0 Å². The van der Waals surface area contributed by atoms with E-state index in [-0.39, 0.29) is 23.5 Å². The van der Waals surface area contributed by atoms with Crippen molar-refractivity contribution in [1.29, 1.82) is 0 Å². The predicted molar refractivity (Wildman–Crippen MR) is 98.5 cm³/mol. The van der Waals surface area contributed by atoms with Crippen molar-refractivity contribution in [1.82, 2.24) is 10.2 Å². The molecule has 0 unspecified atom stereocenters. The average molecular weight is 364 g/mol. The van der Waals surface area contributed by atoms with Gasteiger partial charge in [-0.3, -0.25) is 9.59 Å². The molecule has 0 aliphatic rings. The fraction of sp³-hybridized carbons (Fsp3) is 0.375. The smallest absolute Gasteiger partial charge is 0.234 e. The number of hydrogen-bond donors (Lipinski definition) is 2. The fourth-order valence-electron chi connectivity index (χ4n) is 1.91. The number of aryl methyl sites for hydroxylation is 1.